The number of carboxylic acid groups (broad SMARTS) is 1. The number of amides is 1. The zero-order chi connectivity index (χ0) is 17.0. The van der Waals surface area contributed by atoms with E-state index in [9.17, 15) is 9.59 Å². The number of hydrogen-bond donors (Lipinski definition) is 1. The highest BCUT2D eigenvalue weighted by Crippen LogP contribution is 2.12. The van der Waals surface area contributed by atoms with Crippen LogP contribution in [0.25, 0.3) is 0 Å². The Bertz CT molecular complexity index is 556. The van der Waals surface area contributed by atoms with Gasteiger partial charge < -0.3 is 19.3 Å². The summed E-state index contributed by atoms with van der Waals surface area (Å²) in [5.74, 6) is -1.26. The molecule has 8 heteroatoms. The minimum atomic E-state index is -1.12. The van der Waals surface area contributed by atoms with Crippen molar-refractivity contribution in [3.8, 4) is 0 Å². The third kappa shape index (κ3) is 5.24. The van der Waals surface area contributed by atoms with E-state index in [1.807, 2.05) is 20.8 Å². The minimum absolute atomic E-state index is 0.144. The molecular formula is C15H23N3O5. The molecule has 8 nitrogen and oxygen atoms in total. The van der Waals surface area contributed by atoms with Crippen molar-refractivity contribution in [2.24, 2.45) is 0 Å². The molecular weight excluding hydrogens is 302 g/mol. The minimum Gasteiger partial charge on any atom is -0.475 e. The van der Waals surface area contributed by atoms with Crippen molar-refractivity contribution < 1.29 is 24.0 Å². The third-order valence-corrected chi connectivity index (χ3v) is 3.48. The Kier molecular flexibility index (Phi) is 5.25. The second-order valence-electron chi connectivity index (χ2n) is 6.55. The number of piperazine rings is 1. The zero-order valence-electron chi connectivity index (χ0n) is 13.7. The van der Waals surface area contributed by atoms with E-state index in [4.69, 9.17) is 14.4 Å². The van der Waals surface area contributed by atoms with Gasteiger partial charge in [-0.1, -0.05) is 5.16 Å². The van der Waals surface area contributed by atoms with Gasteiger partial charge in [0.05, 0.1) is 5.69 Å². The molecule has 1 aliphatic rings. The summed E-state index contributed by atoms with van der Waals surface area (Å²) < 4.78 is 10.1. The number of aromatic carboxylic acids is 1. The molecule has 1 saturated heterocycles. The van der Waals surface area contributed by atoms with Crippen molar-refractivity contribution in [3.63, 3.8) is 0 Å². The van der Waals surface area contributed by atoms with E-state index in [1.54, 1.807) is 4.90 Å². The van der Waals surface area contributed by atoms with Crippen molar-refractivity contribution in [3.05, 3.63) is 17.5 Å². The maximum absolute atomic E-state index is 12.0. The first-order valence-electron chi connectivity index (χ1n) is 7.64. The van der Waals surface area contributed by atoms with Gasteiger partial charge in [0.15, 0.2) is 0 Å². The van der Waals surface area contributed by atoms with E-state index >= 15 is 0 Å². The first kappa shape index (κ1) is 17.3. The Morgan fingerprint density at radius 2 is 1.96 bits per heavy atom. The Labute approximate surface area is 135 Å². The predicted molar refractivity (Wildman–Crippen MR) is 81.4 cm³/mol. The average Bonchev–Trinajstić information content (AvgIpc) is 2.93. The Morgan fingerprint density at radius 1 is 1.30 bits per heavy atom. The average molecular weight is 325 g/mol. The summed E-state index contributed by atoms with van der Waals surface area (Å²) >= 11 is 0. The van der Waals surface area contributed by atoms with Gasteiger partial charge in [0.1, 0.15) is 5.60 Å². The molecule has 0 aliphatic carbocycles. The molecule has 0 saturated carbocycles. The molecule has 2 heterocycles. The van der Waals surface area contributed by atoms with Gasteiger partial charge in [0, 0.05) is 45.2 Å². The van der Waals surface area contributed by atoms with Crippen LogP contribution in [0.2, 0.25) is 0 Å². The molecule has 0 spiro atoms. The van der Waals surface area contributed by atoms with E-state index in [1.165, 1.54) is 6.07 Å². The van der Waals surface area contributed by atoms with Crippen LogP contribution in [0.3, 0.4) is 0 Å². The van der Waals surface area contributed by atoms with E-state index in [2.05, 4.69) is 10.1 Å². The second kappa shape index (κ2) is 6.99. The van der Waals surface area contributed by atoms with Crippen LogP contribution in [0, 0.1) is 0 Å². The highest BCUT2D eigenvalue weighted by Gasteiger charge is 2.25. The lowest BCUT2D eigenvalue weighted by atomic mass is 10.2. The maximum Gasteiger partial charge on any atom is 0.410 e. The predicted octanol–water partition coefficient (Wildman–Crippen LogP) is 1.47. The Balaban J connectivity index is 1.74. The number of carboxylic acids is 1. The van der Waals surface area contributed by atoms with Crippen LogP contribution >= 0.6 is 0 Å². The van der Waals surface area contributed by atoms with Gasteiger partial charge >= 0.3 is 12.1 Å². The molecule has 1 N–H and O–H groups in total. The number of carbonyl (C=O) groups excluding carboxylic acids is 1. The number of carbonyl (C=O) groups is 2. The summed E-state index contributed by atoms with van der Waals surface area (Å²) in [5.41, 5.74) is 0.139. The van der Waals surface area contributed by atoms with Gasteiger partial charge in [0.25, 0.3) is 0 Å². The molecule has 1 fully saturated rings. The number of aromatic nitrogens is 1. The highest BCUT2D eigenvalue weighted by atomic mass is 16.6. The summed E-state index contributed by atoms with van der Waals surface area (Å²) in [6, 6.07) is 1.44. The molecule has 0 bridgehead atoms. The van der Waals surface area contributed by atoms with Gasteiger partial charge in [0.2, 0.25) is 5.76 Å². The highest BCUT2D eigenvalue weighted by molar-refractivity contribution is 5.84. The van der Waals surface area contributed by atoms with E-state index in [-0.39, 0.29) is 11.9 Å². The lowest BCUT2D eigenvalue weighted by Crippen LogP contribution is -2.50. The van der Waals surface area contributed by atoms with Crippen molar-refractivity contribution in [1.29, 1.82) is 0 Å². The third-order valence-electron chi connectivity index (χ3n) is 3.48. The maximum atomic E-state index is 12.0. The molecule has 0 aromatic carbocycles. The van der Waals surface area contributed by atoms with Gasteiger partial charge in [-0.05, 0) is 20.8 Å². The molecule has 0 radical (unpaired) electrons. The smallest absolute Gasteiger partial charge is 0.410 e. The SMILES string of the molecule is CC(C)(C)OC(=O)N1CCN(CCc2cc(C(=O)O)on2)CC1. The number of hydrogen-bond acceptors (Lipinski definition) is 6. The van der Waals surface area contributed by atoms with Crippen LogP contribution in [0.1, 0.15) is 37.0 Å². The molecule has 23 heavy (non-hydrogen) atoms. The van der Waals surface area contributed by atoms with Gasteiger partial charge in [-0.2, -0.15) is 0 Å². The Hall–Kier alpha value is -2.09. The fourth-order valence-electron chi connectivity index (χ4n) is 2.28. The largest absolute Gasteiger partial charge is 0.475 e. The van der Waals surface area contributed by atoms with Crippen molar-refractivity contribution in [1.82, 2.24) is 15.0 Å². The fourth-order valence-corrected chi connectivity index (χ4v) is 2.28. The molecule has 128 valence electrons. The lowest BCUT2D eigenvalue weighted by Gasteiger charge is -2.35. The van der Waals surface area contributed by atoms with Crippen molar-refractivity contribution in [2.75, 3.05) is 32.7 Å². The summed E-state index contributed by atoms with van der Waals surface area (Å²) in [6.07, 6.45) is 0.336. The van der Waals surface area contributed by atoms with Crippen LogP contribution in [0.15, 0.2) is 10.6 Å². The van der Waals surface area contributed by atoms with Crippen molar-refractivity contribution in [2.45, 2.75) is 32.8 Å². The van der Waals surface area contributed by atoms with Crippen LogP contribution in [-0.2, 0) is 11.2 Å². The molecule has 0 atom stereocenters. The monoisotopic (exact) mass is 325 g/mol. The van der Waals surface area contributed by atoms with Crippen molar-refractivity contribution >= 4 is 12.1 Å². The molecule has 1 amide bonds. The molecule has 1 aromatic rings. The first-order valence-corrected chi connectivity index (χ1v) is 7.64. The Morgan fingerprint density at radius 3 is 2.48 bits per heavy atom. The standard InChI is InChI=1S/C15H23N3O5/c1-15(2,3)22-14(21)18-8-6-17(7-9-18)5-4-11-10-12(13(19)20)23-16-11/h10H,4-9H2,1-3H3,(H,19,20). The summed E-state index contributed by atoms with van der Waals surface area (Å²) in [5, 5.41) is 12.5. The first-order chi connectivity index (χ1) is 10.7. The van der Waals surface area contributed by atoms with Crippen LogP contribution in [-0.4, -0.2) is 70.5 Å². The van der Waals surface area contributed by atoms with Crippen LogP contribution in [0.5, 0.6) is 0 Å². The van der Waals surface area contributed by atoms with E-state index in [0.717, 1.165) is 19.6 Å². The number of rotatable bonds is 4. The molecule has 0 unspecified atom stereocenters. The quantitative estimate of drug-likeness (QED) is 0.895. The summed E-state index contributed by atoms with van der Waals surface area (Å²) in [4.78, 5) is 26.6. The lowest BCUT2D eigenvalue weighted by molar-refractivity contribution is 0.0145. The topological polar surface area (TPSA) is 96.1 Å². The summed E-state index contributed by atoms with van der Waals surface area (Å²) in [6.45, 7) is 9.04. The summed E-state index contributed by atoms with van der Waals surface area (Å²) in [7, 11) is 0. The van der Waals surface area contributed by atoms with Crippen LogP contribution in [0.4, 0.5) is 4.79 Å². The molecule has 1 aromatic heterocycles. The van der Waals surface area contributed by atoms with E-state index in [0.29, 0.717) is 25.2 Å². The normalized spacial score (nSPS) is 16.4. The zero-order valence-corrected chi connectivity index (χ0v) is 13.7. The number of nitrogens with zero attached hydrogens (tertiary/aromatic N) is 3. The fraction of sp³-hybridized carbons (Fsp3) is 0.667. The number of ether oxygens (including phenoxy) is 1. The van der Waals surface area contributed by atoms with Gasteiger partial charge in [-0.25, -0.2) is 9.59 Å². The van der Waals surface area contributed by atoms with Crippen LogP contribution < -0.4 is 0 Å². The van der Waals surface area contributed by atoms with E-state index < -0.39 is 11.6 Å². The van der Waals surface area contributed by atoms with Gasteiger partial charge in [-0.3, -0.25) is 4.90 Å². The second-order valence-corrected chi connectivity index (χ2v) is 6.55. The molecule has 1 aliphatic heterocycles. The molecule has 2 rings (SSSR count). The van der Waals surface area contributed by atoms with Gasteiger partial charge in [-0.15, -0.1) is 0 Å².